The molecular formula is C13H22N4OS. The molecule has 1 aliphatic rings. The quantitative estimate of drug-likeness (QED) is 0.879. The number of nitrogens with two attached hydrogens (primary N) is 1. The summed E-state index contributed by atoms with van der Waals surface area (Å²) in [6.45, 7) is 4.87. The van der Waals surface area contributed by atoms with Crippen molar-refractivity contribution in [3.63, 3.8) is 0 Å². The zero-order valence-electron chi connectivity index (χ0n) is 11.8. The Hall–Kier alpha value is -1.17. The molecule has 1 aliphatic heterocycles. The van der Waals surface area contributed by atoms with E-state index in [4.69, 9.17) is 5.73 Å². The Morgan fingerprint density at radius 3 is 2.89 bits per heavy atom. The second-order valence-electron chi connectivity index (χ2n) is 5.27. The molecule has 1 saturated heterocycles. The minimum absolute atomic E-state index is 0.124. The number of thioether (sulfide) groups is 1. The Balaban J connectivity index is 2.06. The zero-order chi connectivity index (χ0) is 14.0. The van der Waals surface area contributed by atoms with Gasteiger partial charge in [-0.2, -0.15) is 16.9 Å². The smallest absolute Gasteiger partial charge is 0.271 e. The van der Waals surface area contributed by atoms with Crippen molar-refractivity contribution in [2.75, 3.05) is 18.0 Å². The van der Waals surface area contributed by atoms with Crippen LogP contribution in [0.25, 0.3) is 0 Å². The van der Waals surface area contributed by atoms with E-state index in [0.717, 1.165) is 18.5 Å². The highest BCUT2D eigenvalue weighted by atomic mass is 32.2. The lowest BCUT2D eigenvalue weighted by molar-refractivity contribution is 0.0941. The highest BCUT2D eigenvalue weighted by Crippen LogP contribution is 2.37. The molecule has 1 aromatic heterocycles. The number of aromatic nitrogens is 2. The van der Waals surface area contributed by atoms with Crippen LogP contribution in [0, 0.1) is 0 Å². The summed E-state index contributed by atoms with van der Waals surface area (Å²) in [5, 5.41) is 7.27. The maximum Gasteiger partial charge on any atom is 0.271 e. The lowest BCUT2D eigenvalue weighted by Gasteiger charge is -2.22. The molecule has 1 fully saturated rings. The normalized spacial score (nSPS) is 22.7. The van der Waals surface area contributed by atoms with Crippen molar-refractivity contribution < 1.29 is 4.79 Å². The van der Waals surface area contributed by atoms with Crippen molar-refractivity contribution in [1.29, 1.82) is 0 Å². The molecule has 0 radical (unpaired) electrons. The third-order valence-electron chi connectivity index (χ3n) is 3.63. The van der Waals surface area contributed by atoms with Gasteiger partial charge in [-0.05, 0) is 31.9 Å². The molecule has 1 amide bonds. The number of rotatable bonds is 4. The molecule has 2 heterocycles. The van der Waals surface area contributed by atoms with Gasteiger partial charge >= 0.3 is 0 Å². The van der Waals surface area contributed by atoms with Crippen LogP contribution in [0.15, 0.2) is 0 Å². The first-order valence-corrected chi connectivity index (χ1v) is 7.69. The second-order valence-corrected chi connectivity index (χ2v) is 6.95. The number of nitrogens with zero attached hydrogens (tertiary/aromatic N) is 2. The molecule has 6 heteroatoms. The Morgan fingerprint density at radius 2 is 2.37 bits per heavy atom. The number of hydrogen-bond donors (Lipinski definition) is 2. The summed E-state index contributed by atoms with van der Waals surface area (Å²) < 4.78 is 1.74. The van der Waals surface area contributed by atoms with Gasteiger partial charge in [0.2, 0.25) is 0 Å². The lowest BCUT2D eigenvalue weighted by atomic mass is 10.1. The largest absolute Gasteiger partial charge is 0.395 e. The Morgan fingerprint density at radius 1 is 1.63 bits per heavy atom. The number of amides is 1. The van der Waals surface area contributed by atoms with E-state index >= 15 is 0 Å². The van der Waals surface area contributed by atoms with Crippen molar-refractivity contribution in [2.45, 2.75) is 37.9 Å². The maximum absolute atomic E-state index is 12.3. The van der Waals surface area contributed by atoms with Gasteiger partial charge in [-0.15, -0.1) is 0 Å². The molecule has 0 spiro atoms. The van der Waals surface area contributed by atoms with Gasteiger partial charge in [-0.3, -0.25) is 9.48 Å². The van der Waals surface area contributed by atoms with Crippen molar-refractivity contribution in [3.05, 3.63) is 11.4 Å². The molecule has 19 heavy (non-hydrogen) atoms. The summed E-state index contributed by atoms with van der Waals surface area (Å²) in [6.07, 6.45) is 3.12. The van der Waals surface area contributed by atoms with Crippen molar-refractivity contribution in [1.82, 2.24) is 15.1 Å². The molecule has 106 valence electrons. The van der Waals surface area contributed by atoms with Crippen LogP contribution in [0.5, 0.6) is 0 Å². The van der Waals surface area contributed by atoms with Crippen LogP contribution in [-0.2, 0) is 13.5 Å². The average molecular weight is 282 g/mol. The minimum atomic E-state index is -0.124. The number of carbonyl (C=O) groups is 1. The number of hydrogen-bond acceptors (Lipinski definition) is 4. The predicted octanol–water partition coefficient (Wildman–Crippen LogP) is 1.58. The molecule has 5 nitrogen and oxygen atoms in total. The molecule has 0 saturated carbocycles. The standard InChI is InChI=1S/C13H22N4OS/c1-4-9-10(14)11(17(3)16-9)12(18)15-8-13(2)6-5-7-19-13/h4-8,14H2,1-3H3,(H,15,18). The summed E-state index contributed by atoms with van der Waals surface area (Å²) in [7, 11) is 1.76. The average Bonchev–Trinajstić information content (AvgIpc) is 2.92. The van der Waals surface area contributed by atoms with E-state index in [1.54, 1.807) is 11.7 Å². The van der Waals surface area contributed by atoms with Gasteiger partial charge in [0.15, 0.2) is 0 Å². The van der Waals surface area contributed by atoms with E-state index < -0.39 is 0 Å². The lowest BCUT2D eigenvalue weighted by Crippen LogP contribution is -2.37. The van der Waals surface area contributed by atoms with E-state index in [1.807, 2.05) is 18.7 Å². The second kappa shape index (κ2) is 5.45. The molecule has 0 aromatic carbocycles. The number of anilines is 1. The fourth-order valence-electron chi connectivity index (χ4n) is 2.45. The number of aryl methyl sites for hydroxylation is 2. The van der Waals surface area contributed by atoms with Crippen LogP contribution in [-0.4, -0.2) is 32.7 Å². The third-order valence-corrected chi connectivity index (χ3v) is 5.17. The van der Waals surface area contributed by atoms with E-state index in [-0.39, 0.29) is 10.7 Å². The van der Waals surface area contributed by atoms with Gasteiger partial charge in [-0.1, -0.05) is 6.92 Å². The first kappa shape index (κ1) is 14.2. The van der Waals surface area contributed by atoms with Gasteiger partial charge in [0.1, 0.15) is 5.69 Å². The van der Waals surface area contributed by atoms with Crippen LogP contribution in [0.3, 0.4) is 0 Å². The predicted molar refractivity (Wildman–Crippen MR) is 79.4 cm³/mol. The summed E-state index contributed by atoms with van der Waals surface area (Å²) in [5.41, 5.74) is 7.75. The van der Waals surface area contributed by atoms with E-state index in [9.17, 15) is 4.79 Å². The molecule has 0 aliphatic carbocycles. The molecule has 0 bridgehead atoms. The van der Waals surface area contributed by atoms with Crippen LogP contribution in [0.2, 0.25) is 0 Å². The zero-order valence-corrected chi connectivity index (χ0v) is 12.6. The van der Waals surface area contributed by atoms with Gasteiger partial charge in [0.25, 0.3) is 5.91 Å². The summed E-state index contributed by atoms with van der Waals surface area (Å²) >= 11 is 1.93. The third kappa shape index (κ3) is 2.88. The van der Waals surface area contributed by atoms with Gasteiger partial charge in [0, 0.05) is 18.3 Å². The van der Waals surface area contributed by atoms with Crippen molar-refractivity contribution in [2.24, 2.45) is 7.05 Å². The van der Waals surface area contributed by atoms with Crippen LogP contribution < -0.4 is 11.1 Å². The van der Waals surface area contributed by atoms with Crippen LogP contribution >= 0.6 is 11.8 Å². The number of nitrogens with one attached hydrogen (secondary N) is 1. The first-order valence-electron chi connectivity index (χ1n) is 6.70. The van der Waals surface area contributed by atoms with E-state index in [2.05, 4.69) is 17.3 Å². The minimum Gasteiger partial charge on any atom is -0.395 e. The topological polar surface area (TPSA) is 72.9 Å². The summed E-state index contributed by atoms with van der Waals surface area (Å²) in [4.78, 5) is 12.3. The Bertz CT molecular complexity index is 477. The fourth-order valence-corrected chi connectivity index (χ4v) is 3.70. The Labute approximate surface area is 118 Å². The summed E-state index contributed by atoms with van der Waals surface area (Å²) in [5.74, 6) is 1.06. The maximum atomic E-state index is 12.3. The van der Waals surface area contributed by atoms with Crippen LogP contribution in [0.4, 0.5) is 5.69 Å². The fraction of sp³-hybridized carbons (Fsp3) is 0.692. The molecule has 1 aromatic rings. The SMILES string of the molecule is CCc1nn(C)c(C(=O)NCC2(C)CCCS2)c1N. The molecule has 3 N–H and O–H groups in total. The van der Waals surface area contributed by atoms with Crippen molar-refractivity contribution in [3.8, 4) is 0 Å². The molecule has 2 rings (SSSR count). The Kier molecular flexibility index (Phi) is 4.08. The van der Waals surface area contributed by atoms with Gasteiger partial charge in [-0.25, -0.2) is 0 Å². The van der Waals surface area contributed by atoms with Crippen LogP contribution in [0.1, 0.15) is 42.9 Å². The van der Waals surface area contributed by atoms with Gasteiger partial charge in [0.05, 0.1) is 11.4 Å². The highest BCUT2D eigenvalue weighted by molar-refractivity contribution is 8.00. The van der Waals surface area contributed by atoms with E-state index in [0.29, 0.717) is 17.9 Å². The first-order chi connectivity index (χ1) is 8.97. The summed E-state index contributed by atoms with van der Waals surface area (Å²) in [6, 6.07) is 0. The molecular weight excluding hydrogens is 260 g/mol. The highest BCUT2D eigenvalue weighted by Gasteiger charge is 2.30. The van der Waals surface area contributed by atoms with E-state index in [1.165, 1.54) is 12.2 Å². The monoisotopic (exact) mass is 282 g/mol. The number of nitrogen functional groups attached to an aromatic ring is 1. The van der Waals surface area contributed by atoms with Crippen molar-refractivity contribution >= 4 is 23.4 Å². The number of carbonyl (C=O) groups excluding carboxylic acids is 1. The molecule has 1 unspecified atom stereocenters. The van der Waals surface area contributed by atoms with Gasteiger partial charge < -0.3 is 11.1 Å². The molecule has 1 atom stereocenters.